The molecular weight excluding hydrogens is 542 g/mol. The average Bonchev–Trinajstić information content (AvgIpc) is 2.92. The topological polar surface area (TPSA) is 105 Å². The van der Waals surface area contributed by atoms with Crippen LogP contribution in [0.2, 0.25) is 5.02 Å². The molecule has 0 aliphatic rings. The minimum absolute atomic E-state index is 0.0356. The quantitative estimate of drug-likeness (QED) is 0.355. The minimum atomic E-state index is -3.91. The molecule has 0 aromatic heterocycles. The Morgan fingerprint density at radius 3 is 2.18 bits per heavy atom. The van der Waals surface area contributed by atoms with Crippen molar-refractivity contribution in [2.45, 2.75) is 19.0 Å². The van der Waals surface area contributed by atoms with Crippen molar-refractivity contribution in [3.05, 3.63) is 88.9 Å². The Kier molecular flexibility index (Phi) is 10.2. The number of sulfonamides is 1. The van der Waals surface area contributed by atoms with Crippen LogP contribution in [0.4, 0.5) is 5.69 Å². The lowest BCUT2D eigenvalue weighted by molar-refractivity contribution is -0.139. The first-order valence-electron chi connectivity index (χ1n) is 12.1. The van der Waals surface area contributed by atoms with E-state index in [0.717, 1.165) is 16.1 Å². The van der Waals surface area contributed by atoms with Gasteiger partial charge in [0.1, 0.15) is 12.6 Å². The van der Waals surface area contributed by atoms with E-state index in [1.165, 1.54) is 38.3 Å². The van der Waals surface area contributed by atoms with Gasteiger partial charge in [-0.15, -0.1) is 0 Å². The Bertz CT molecular complexity index is 1400. The van der Waals surface area contributed by atoms with Crippen molar-refractivity contribution in [1.82, 2.24) is 10.2 Å². The van der Waals surface area contributed by atoms with Crippen molar-refractivity contribution in [2.24, 2.45) is 0 Å². The van der Waals surface area contributed by atoms with Gasteiger partial charge in [0.2, 0.25) is 21.8 Å². The molecule has 0 spiro atoms. The van der Waals surface area contributed by atoms with Crippen LogP contribution in [0.3, 0.4) is 0 Å². The summed E-state index contributed by atoms with van der Waals surface area (Å²) in [5, 5.41) is 3.11. The fraction of sp³-hybridized carbons (Fsp3) is 0.286. The lowest BCUT2D eigenvalue weighted by atomic mass is 10.0. The molecule has 3 aromatic carbocycles. The van der Waals surface area contributed by atoms with Gasteiger partial charge in [0.15, 0.2) is 11.5 Å². The van der Waals surface area contributed by atoms with Gasteiger partial charge in [-0.2, -0.15) is 0 Å². The molecule has 0 unspecified atom stereocenters. The summed E-state index contributed by atoms with van der Waals surface area (Å²) < 4.78 is 37.3. The van der Waals surface area contributed by atoms with Crippen molar-refractivity contribution in [2.75, 3.05) is 38.4 Å². The second-order valence-corrected chi connectivity index (χ2v) is 11.1. The number of hydrogen-bond donors (Lipinski definition) is 1. The highest BCUT2D eigenvalue weighted by molar-refractivity contribution is 7.92. The summed E-state index contributed by atoms with van der Waals surface area (Å²) in [5.41, 5.74) is 1.75. The van der Waals surface area contributed by atoms with E-state index >= 15 is 0 Å². The number of benzene rings is 3. The van der Waals surface area contributed by atoms with E-state index in [1.54, 1.807) is 30.3 Å². The number of ether oxygens (including phenoxy) is 2. The van der Waals surface area contributed by atoms with Crippen LogP contribution in [0.5, 0.6) is 11.5 Å². The fourth-order valence-electron chi connectivity index (χ4n) is 4.15. The summed E-state index contributed by atoms with van der Waals surface area (Å²) in [6.07, 6.45) is 1.24. The molecule has 0 aliphatic carbocycles. The predicted octanol–water partition coefficient (Wildman–Crippen LogP) is 3.51. The number of amides is 2. The Labute approximate surface area is 234 Å². The molecule has 1 N–H and O–H groups in total. The van der Waals surface area contributed by atoms with Gasteiger partial charge in [0.05, 0.1) is 26.2 Å². The lowest BCUT2D eigenvalue weighted by Gasteiger charge is -2.33. The van der Waals surface area contributed by atoms with Crippen LogP contribution in [0.25, 0.3) is 0 Å². The van der Waals surface area contributed by atoms with Crippen molar-refractivity contribution in [3.63, 3.8) is 0 Å². The van der Waals surface area contributed by atoms with Crippen LogP contribution in [0.1, 0.15) is 11.1 Å². The average molecular weight is 574 g/mol. The number of rotatable bonds is 12. The lowest BCUT2D eigenvalue weighted by Crippen LogP contribution is -2.52. The highest BCUT2D eigenvalue weighted by Gasteiger charge is 2.33. The first-order chi connectivity index (χ1) is 18.6. The maximum atomic E-state index is 13.9. The Morgan fingerprint density at radius 2 is 1.59 bits per heavy atom. The number of nitrogens with zero attached hydrogens (tertiary/aromatic N) is 2. The second-order valence-electron chi connectivity index (χ2n) is 8.78. The number of carbonyl (C=O) groups is 2. The Balaban J connectivity index is 2.05. The van der Waals surface area contributed by atoms with Gasteiger partial charge in [-0.1, -0.05) is 54.1 Å². The molecule has 0 heterocycles. The molecule has 11 heteroatoms. The van der Waals surface area contributed by atoms with Gasteiger partial charge in [-0.25, -0.2) is 8.42 Å². The van der Waals surface area contributed by atoms with Gasteiger partial charge in [-0.05, 0) is 35.4 Å². The van der Waals surface area contributed by atoms with Gasteiger partial charge in [-0.3, -0.25) is 13.9 Å². The first-order valence-corrected chi connectivity index (χ1v) is 14.3. The van der Waals surface area contributed by atoms with Crippen molar-refractivity contribution >= 4 is 39.1 Å². The zero-order valence-electron chi connectivity index (χ0n) is 22.3. The third-order valence-electron chi connectivity index (χ3n) is 6.09. The molecule has 1 atom stereocenters. The Morgan fingerprint density at radius 1 is 0.923 bits per heavy atom. The van der Waals surface area contributed by atoms with Crippen molar-refractivity contribution in [3.8, 4) is 11.5 Å². The third kappa shape index (κ3) is 7.87. The number of carbonyl (C=O) groups excluding carboxylic acids is 2. The van der Waals surface area contributed by atoms with Crippen LogP contribution in [-0.2, 0) is 32.6 Å². The smallest absolute Gasteiger partial charge is 0.244 e. The molecule has 0 bridgehead atoms. The van der Waals surface area contributed by atoms with E-state index in [0.29, 0.717) is 22.1 Å². The molecule has 9 nitrogen and oxygen atoms in total. The summed E-state index contributed by atoms with van der Waals surface area (Å²) in [6, 6.07) is 19.9. The number of hydrogen-bond acceptors (Lipinski definition) is 6. The summed E-state index contributed by atoms with van der Waals surface area (Å²) in [5.74, 6) is -0.240. The van der Waals surface area contributed by atoms with E-state index in [9.17, 15) is 18.0 Å². The van der Waals surface area contributed by atoms with Crippen LogP contribution >= 0.6 is 11.6 Å². The number of nitrogens with one attached hydrogen (secondary N) is 1. The second kappa shape index (κ2) is 13.3. The zero-order valence-corrected chi connectivity index (χ0v) is 23.8. The number of likely N-dealkylation sites (N-methyl/N-ethyl adjacent to an activating group) is 1. The van der Waals surface area contributed by atoms with E-state index in [1.807, 2.05) is 30.3 Å². The van der Waals surface area contributed by atoms with E-state index in [4.69, 9.17) is 21.1 Å². The summed E-state index contributed by atoms with van der Waals surface area (Å²) in [6.45, 7) is -0.509. The first kappa shape index (κ1) is 29.8. The van der Waals surface area contributed by atoms with Gasteiger partial charge < -0.3 is 19.7 Å². The van der Waals surface area contributed by atoms with E-state index in [2.05, 4.69) is 5.32 Å². The monoisotopic (exact) mass is 573 g/mol. The van der Waals surface area contributed by atoms with Gasteiger partial charge >= 0.3 is 0 Å². The van der Waals surface area contributed by atoms with E-state index < -0.39 is 28.5 Å². The van der Waals surface area contributed by atoms with Crippen molar-refractivity contribution in [1.29, 1.82) is 0 Å². The fourth-order valence-corrected chi connectivity index (χ4v) is 5.20. The summed E-state index contributed by atoms with van der Waals surface area (Å²) >= 11 is 6.19. The minimum Gasteiger partial charge on any atom is -0.493 e. The molecule has 0 fully saturated rings. The normalized spacial score (nSPS) is 11.8. The zero-order chi connectivity index (χ0) is 28.6. The number of halogens is 1. The largest absolute Gasteiger partial charge is 0.493 e. The number of methoxy groups -OCH3 is 2. The maximum Gasteiger partial charge on any atom is 0.244 e. The van der Waals surface area contributed by atoms with Gasteiger partial charge in [0, 0.05) is 31.1 Å². The molecule has 0 saturated carbocycles. The van der Waals surface area contributed by atoms with Crippen LogP contribution in [0, 0.1) is 0 Å². The molecule has 0 aliphatic heterocycles. The third-order valence-corrected chi connectivity index (χ3v) is 7.47. The molecule has 0 radical (unpaired) electrons. The van der Waals surface area contributed by atoms with Crippen LogP contribution < -0.4 is 19.1 Å². The molecule has 39 heavy (non-hydrogen) atoms. The SMILES string of the molecule is CNC(=O)[C@@H](Cc1ccccc1)N(Cc1cccc(Cl)c1)C(=O)CN(c1ccc(OC)c(OC)c1)S(C)(=O)=O. The molecule has 3 rings (SSSR count). The Hall–Kier alpha value is -3.76. The standard InChI is InChI=1S/C28H32ClN3O6S/c1-30-28(34)24(16-20-9-6-5-7-10-20)31(18-21-11-8-12-22(29)15-21)27(33)19-32(39(4,35)36)23-13-14-25(37-2)26(17-23)38-3/h5-15,17,24H,16,18-19H2,1-4H3,(H,30,34)/t24-/m1/s1. The molecule has 208 valence electrons. The summed E-state index contributed by atoms with van der Waals surface area (Å²) in [7, 11) is 0.481. The highest BCUT2D eigenvalue weighted by atomic mass is 35.5. The van der Waals surface area contributed by atoms with Crippen molar-refractivity contribution < 1.29 is 27.5 Å². The predicted molar refractivity (Wildman–Crippen MR) is 152 cm³/mol. The molecule has 2 amide bonds. The van der Waals surface area contributed by atoms with E-state index in [-0.39, 0.29) is 24.6 Å². The molecular formula is C28H32ClN3O6S. The van der Waals surface area contributed by atoms with Gasteiger partial charge in [0.25, 0.3) is 0 Å². The molecule has 0 saturated heterocycles. The summed E-state index contributed by atoms with van der Waals surface area (Å²) in [4.78, 5) is 28.5. The maximum absolute atomic E-state index is 13.9. The number of anilines is 1. The highest BCUT2D eigenvalue weighted by Crippen LogP contribution is 2.32. The molecule has 3 aromatic rings. The van der Waals surface area contributed by atoms with Crippen LogP contribution in [-0.4, -0.2) is 65.2 Å². The van der Waals surface area contributed by atoms with Crippen LogP contribution in [0.15, 0.2) is 72.8 Å².